The van der Waals surface area contributed by atoms with E-state index < -0.39 is 0 Å². The predicted molar refractivity (Wildman–Crippen MR) is 76.7 cm³/mol. The Bertz CT molecular complexity index is 204. The van der Waals surface area contributed by atoms with E-state index in [4.69, 9.17) is 10.5 Å². The number of thioether (sulfide) groups is 1. The molecule has 0 amide bonds. The second-order valence-electron chi connectivity index (χ2n) is 4.93. The van der Waals surface area contributed by atoms with Crippen LogP contribution in [0.5, 0.6) is 0 Å². The second kappa shape index (κ2) is 8.35. The fourth-order valence-corrected chi connectivity index (χ4v) is 3.01. The molecule has 0 aromatic rings. The Balaban J connectivity index is 2.50. The summed E-state index contributed by atoms with van der Waals surface area (Å²) in [6, 6.07) is 1.10. The molecule has 0 aliphatic carbocycles. The molecule has 0 bridgehead atoms. The Hall–Kier alpha value is 0.230. The lowest BCUT2D eigenvalue weighted by Gasteiger charge is -2.43. The third kappa shape index (κ3) is 4.78. The van der Waals surface area contributed by atoms with Crippen LogP contribution in [0.4, 0.5) is 0 Å². The summed E-state index contributed by atoms with van der Waals surface area (Å²) in [5, 5.41) is 0. The maximum atomic E-state index is 5.96. The number of rotatable bonds is 7. The van der Waals surface area contributed by atoms with Gasteiger partial charge in [0.2, 0.25) is 0 Å². The van der Waals surface area contributed by atoms with Crippen LogP contribution in [0.1, 0.15) is 33.1 Å². The molecule has 0 spiro atoms. The van der Waals surface area contributed by atoms with E-state index in [1.807, 2.05) is 11.8 Å². The van der Waals surface area contributed by atoms with Gasteiger partial charge in [-0.2, -0.15) is 11.8 Å². The molecule has 17 heavy (non-hydrogen) atoms. The van der Waals surface area contributed by atoms with Crippen LogP contribution in [-0.4, -0.2) is 54.8 Å². The van der Waals surface area contributed by atoms with Crippen molar-refractivity contribution in [2.75, 3.05) is 31.7 Å². The second-order valence-corrected chi connectivity index (χ2v) is 5.91. The van der Waals surface area contributed by atoms with Gasteiger partial charge >= 0.3 is 0 Å². The van der Waals surface area contributed by atoms with Gasteiger partial charge < -0.3 is 10.5 Å². The van der Waals surface area contributed by atoms with Crippen molar-refractivity contribution < 1.29 is 4.74 Å². The van der Waals surface area contributed by atoms with Crippen molar-refractivity contribution in [3.63, 3.8) is 0 Å². The summed E-state index contributed by atoms with van der Waals surface area (Å²) < 4.78 is 5.75. The number of hydrogen-bond donors (Lipinski definition) is 1. The Labute approximate surface area is 110 Å². The highest BCUT2D eigenvalue weighted by molar-refractivity contribution is 7.98. The molecule has 3 nitrogen and oxygen atoms in total. The smallest absolute Gasteiger partial charge is 0.0674 e. The molecule has 2 N–H and O–H groups in total. The molecule has 0 radical (unpaired) electrons. The van der Waals surface area contributed by atoms with E-state index in [2.05, 4.69) is 25.0 Å². The van der Waals surface area contributed by atoms with Gasteiger partial charge in [0.1, 0.15) is 0 Å². The maximum Gasteiger partial charge on any atom is 0.0674 e. The third-order valence-corrected chi connectivity index (χ3v) is 4.31. The summed E-state index contributed by atoms with van der Waals surface area (Å²) >= 11 is 1.92. The quantitative estimate of drug-likeness (QED) is 0.710. The van der Waals surface area contributed by atoms with Gasteiger partial charge in [-0.3, -0.25) is 4.90 Å². The normalized spacial score (nSPS) is 28.2. The molecular weight excluding hydrogens is 232 g/mol. The Morgan fingerprint density at radius 1 is 1.53 bits per heavy atom. The van der Waals surface area contributed by atoms with Crippen molar-refractivity contribution in [3.8, 4) is 0 Å². The summed E-state index contributed by atoms with van der Waals surface area (Å²) in [6.07, 6.45) is 6.17. The molecule has 1 aliphatic rings. The zero-order valence-corrected chi connectivity index (χ0v) is 12.3. The lowest BCUT2D eigenvalue weighted by Crippen LogP contribution is -2.55. The van der Waals surface area contributed by atoms with Crippen LogP contribution in [0, 0.1) is 0 Å². The molecule has 1 heterocycles. The lowest BCUT2D eigenvalue weighted by molar-refractivity contribution is -0.0722. The average Bonchev–Trinajstić information content (AvgIpc) is 2.35. The Morgan fingerprint density at radius 2 is 2.29 bits per heavy atom. The monoisotopic (exact) mass is 260 g/mol. The van der Waals surface area contributed by atoms with E-state index in [1.54, 1.807) is 0 Å². The van der Waals surface area contributed by atoms with Crippen molar-refractivity contribution in [2.24, 2.45) is 5.73 Å². The van der Waals surface area contributed by atoms with E-state index in [1.165, 1.54) is 18.6 Å². The highest BCUT2D eigenvalue weighted by Gasteiger charge is 2.30. The van der Waals surface area contributed by atoms with Gasteiger partial charge in [-0.15, -0.1) is 0 Å². The zero-order chi connectivity index (χ0) is 12.7. The lowest BCUT2D eigenvalue weighted by atomic mass is 10.0. The fraction of sp³-hybridized carbons (Fsp3) is 1.00. The molecule has 3 unspecified atom stereocenters. The van der Waals surface area contributed by atoms with Crippen LogP contribution in [0.25, 0.3) is 0 Å². The van der Waals surface area contributed by atoms with E-state index >= 15 is 0 Å². The van der Waals surface area contributed by atoms with E-state index in [0.717, 1.165) is 26.1 Å². The van der Waals surface area contributed by atoms with Crippen LogP contribution in [-0.2, 0) is 4.74 Å². The molecular formula is C13H28N2OS. The van der Waals surface area contributed by atoms with E-state index in [-0.39, 0.29) is 0 Å². The van der Waals surface area contributed by atoms with E-state index in [0.29, 0.717) is 18.2 Å². The van der Waals surface area contributed by atoms with Crippen LogP contribution in [0.2, 0.25) is 0 Å². The minimum atomic E-state index is 0.354. The standard InChI is InChI=1S/C13H28N2OS/c1-4-12-10-16-11(2)9-15(12)13(8-14)6-5-7-17-3/h11-13H,4-10,14H2,1-3H3. The van der Waals surface area contributed by atoms with Gasteiger partial charge in [-0.25, -0.2) is 0 Å². The molecule has 0 aromatic heterocycles. The van der Waals surface area contributed by atoms with Gasteiger partial charge in [0.25, 0.3) is 0 Å². The van der Waals surface area contributed by atoms with Gasteiger partial charge in [0, 0.05) is 25.2 Å². The number of nitrogens with two attached hydrogens (primary N) is 1. The molecule has 4 heteroatoms. The van der Waals surface area contributed by atoms with Gasteiger partial charge in [0.05, 0.1) is 12.7 Å². The Morgan fingerprint density at radius 3 is 2.88 bits per heavy atom. The first-order valence-electron chi connectivity index (χ1n) is 6.79. The SMILES string of the molecule is CCC1COC(C)CN1C(CN)CCCSC. The molecule has 1 rings (SSSR count). The highest BCUT2D eigenvalue weighted by Crippen LogP contribution is 2.20. The van der Waals surface area contributed by atoms with Gasteiger partial charge in [-0.1, -0.05) is 6.92 Å². The van der Waals surface area contributed by atoms with Gasteiger partial charge in [-0.05, 0) is 38.2 Å². The minimum Gasteiger partial charge on any atom is -0.376 e. The first kappa shape index (κ1) is 15.3. The average molecular weight is 260 g/mol. The van der Waals surface area contributed by atoms with Crippen LogP contribution < -0.4 is 5.73 Å². The molecule has 0 saturated carbocycles. The van der Waals surface area contributed by atoms with Gasteiger partial charge in [0.15, 0.2) is 0 Å². The van der Waals surface area contributed by atoms with Crippen molar-refractivity contribution in [3.05, 3.63) is 0 Å². The third-order valence-electron chi connectivity index (χ3n) is 3.61. The molecule has 102 valence electrons. The molecule has 1 aliphatic heterocycles. The predicted octanol–water partition coefficient (Wildman–Crippen LogP) is 1.96. The maximum absolute atomic E-state index is 5.96. The summed E-state index contributed by atoms with van der Waals surface area (Å²) in [6.45, 7) is 7.09. The summed E-state index contributed by atoms with van der Waals surface area (Å²) in [5.41, 5.74) is 5.96. The first-order valence-corrected chi connectivity index (χ1v) is 8.18. The molecule has 1 fully saturated rings. The largest absolute Gasteiger partial charge is 0.376 e. The highest BCUT2D eigenvalue weighted by atomic mass is 32.2. The molecule has 3 atom stereocenters. The summed E-state index contributed by atoms with van der Waals surface area (Å²) in [5.74, 6) is 1.24. The van der Waals surface area contributed by atoms with Crippen LogP contribution >= 0.6 is 11.8 Å². The van der Waals surface area contributed by atoms with Crippen molar-refractivity contribution in [1.29, 1.82) is 0 Å². The number of nitrogens with zero attached hydrogens (tertiary/aromatic N) is 1. The molecule has 1 saturated heterocycles. The minimum absolute atomic E-state index is 0.354. The van der Waals surface area contributed by atoms with Crippen LogP contribution in [0.3, 0.4) is 0 Å². The number of ether oxygens (including phenoxy) is 1. The zero-order valence-electron chi connectivity index (χ0n) is 11.5. The van der Waals surface area contributed by atoms with Crippen LogP contribution in [0.15, 0.2) is 0 Å². The summed E-state index contributed by atoms with van der Waals surface area (Å²) in [7, 11) is 0. The number of hydrogen-bond acceptors (Lipinski definition) is 4. The fourth-order valence-electron chi connectivity index (χ4n) is 2.55. The van der Waals surface area contributed by atoms with E-state index in [9.17, 15) is 0 Å². The van der Waals surface area contributed by atoms with Crippen molar-refractivity contribution in [1.82, 2.24) is 4.90 Å². The van der Waals surface area contributed by atoms with Crippen molar-refractivity contribution in [2.45, 2.75) is 51.3 Å². The Kier molecular flexibility index (Phi) is 7.51. The molecule has 0 aromatic carbocycles. The first-order chi connectivity index (χ1) is 8.22. The topological polar surface area (TPSA) is 38.5 Å². The summed E-state index contributed by atoms with van der Waals surface area (Å²) in [4.78, 5) is 2.59. The number of morpholine rings is 1. The van der Waals surface area contributed by atoms with Crippen molar-refractivity contribution >= 4 is 11.8 Å².